The first-order chi connectivity index (χ1) is 9.73. The number of carbonyl (C=O) groups excluding carboxylic acids is 1. The minimum atomic E-state index is -1.19. The lowest BCUT2D eigenvalue weighted by Crippen LogP contribution is -2.61. The van der Waals surface area contributed by atoms with Gasteiger partial charge in [-0.15, -0.1) is 0 Å². The quantitative estimate of drug-likeness (QED) is 0.860. The predicted octanol–water partition coefficient (Wildman–Crippen LogP) is 0.825. The molecule has 2 rings (SSSR count). The third-order valence-electron chi connectivity index (χ3n) is 3.84. The molecule has 2 atom stereocenters. The molecule has 1 aromatic rings. The van der Waals surface area contributed by atoms with Crippen molar-refractivity contribution in [2.75, 3.05) is 19.6 Å². The number of hydrogen-bond donors (Lipinski definition) is 2. The van der Waals surface area contributed by atoms with Gasteiger partial charge in [0.25, 0.3) is 0 Å². The van der Waals surface area contributed by atoms with E-state index in [9.17, 15) is 4.79 Å². The highest BCUT2D eigenvalue weighted by Crippen LogP contribution is 2.25. The van der Waals surface area contributed by atoms with E-state index in [0.29, 0.717) is 6.54 Å². The van der Waals surface area contributed by atoms with Crippen LogP contribution in [-0.2, 0) is 15.1 Å². The molecule has 1 amide bonds. The van der Waals surface area contributed by atoms with Crippen molar-refractivity contribution in [2.24, 2.45) is 11.5 Å². The molecule has 1 heterocycles. The molecule has 0 spiro atoms. The Kier molecular flexibility index (Phi) is 4.37. The van der Waals surface area contributed by atoms with E-state index in [1.807, 2.05) is 51.1 Å². The van der Waals surface area contributed by atoms with Crippen LogP contribution in [0.1, 0.15) is 26.3 Å². The summed E-state index contributed by atoms with van der Waals surface area (Å²) in [6.45, 7) is 7.96. The van der Waals surface area contributed by atoms with Crippen LogP contribution in [0.4, 0.5) is 0 Å². The lowest BCUT2D eigenvalue weighted by molar-refractivity contribution is -0.139. The van der Waals surface area contributed by atoms with Crippen LogP contribution >= 0.6 is 0 Å². The summed E-state index contributed by atoms with van der Waals surface area (Å²) in [6, 6.07) is 9.32. The van der Waals surface area contributed by atoms with Crippen molar-refractivity contribution in [3.63, 3.8) is 0 Å². The summed E-state index contributed by atoms with van der Waals surface area (Å²) in [5, 5.41) is 0. The Balaban J connectivity index is 2.23. The Labute approximate surface area is 126 Å². The second kappa shape index (κ2) is 5.75. The molecule has 1 fully saturated rings. The normalized spacial score (nSPS) is 25.2. The number of morpholine rings is 1. The lowest BCUT2D eigenvalue weighted by Gasteiger charge is -2.44. The monoisotopic (exact) mass is 291 g/mol. The lowest BCUT2D eigenvalue weighted by atomic mass is 9.88. The molecule has 1 aromatic carbocycles. The molecule has 5 nitrogen and oxygen atoms in total. The average Bonchev–Trinajstić information content (AvgIpc) is 2.36. The molecule has 0 saturated carbocycles. The molecule has 21 heavy (non-hydrogen) atoms. The average molecular weight is 291 g/mol. The van der Waals surface area contributed by atoms with E-state index in [0.717, 1.165) is 18.7 Å². The Morgan fingerprint density at radius 2 is 2.05 bits per heavy atom. The van der Waals surface area contributed by atoms with Gasteiger partial charge in [-0.1, -0.05) is 30.3 Å². The zero-order valence-corrected chi connectivity index (χ0v) is 13.0. The second-order valence-corrected chi connectivity index (χ2v) is 6.56. The van der Waals surface area contributed by atoms with Gasteiger partial charge in [-0.25, -0.2) is 0 Å². The van der Waals surface area contributed by atoms with E-state index in [1.165, 1.54) is 0 Å². The van der Waals surface area contributed by atoms with Crippen LogP contribution in [-0.4, -0.2) is 42.1 Å². The Bertz CT molecular complexity index is 504. The summed E-state index contributed by atoms with van der Waals surface area (Å²) in [4.78, 5) is 14.1. The fourth-order valence-corrected chi connectivity index (χ4v) is 3.11. The molecule has 0 aromatic heterocycles. The van der Waals surface area contributed by atoms with Crippen molar-refractivity contribution in [1.82, 2.24) is 4.90 Å². The van der Waals surface area contributed by atoms with E-state index in [1.54, 1.807) is 0 Å². The Morgan fingerprint density at radius 1 is 1.43 bits per heavy atom. The van der Waals surface area contributed by atoms with E-state index < -0.39 is 11.4 Å². The van der Waals surface area contributed by atoms with Gasteiger partial charge in [-0.3, -0.25) is 9.69 Å². The highest BCUT2D eigenvalue weighted by molar-refractivity contribution is 5.86. The summed E-state index contributed by atoms with van der Waals surface area (Å²) >= 11 is 0. The van der Waals surface area contributed by atoms with Gasteiger partial charge in [0, 0.05) is 19.6 Å². The highest BCUT2D eigenvalue weighted by Gasteiger charge is 2.40. The van der Waals surface area contributed by atoms with Crippen molar-refractivity contribution in [1.29, 1.82) is 0 Å². The summed E-state index contributed by atoms with van der Waals surface area (Å²) < 4.78 is 5.89. The van der Waals surface area contributed by atoms with Gasteiger partial charge in [0.1, 0.15) is 5.54 Å². The topological polar surface area (TPSA) is 81.6 Å². The molecule has 0 radical (unpaired) electrons. The molecule has 0 aliphatic carbocycles. The van der Waals surface area contributed by atoms with Crippen molar-refractivity contribution < 1.29 is 9.53 Å². The number of benzene rings is 1. The second-order valence-electron chi connectivity index (χ2n) is 6.56. The number of primary amides is 1. The Morgan fingerprint density at radius 3 is 2.57 bits per heavy atom. The van der Waals surface area contributed by atoms with Crippen molar-refractivity contribution >= 4 is 5.91 Å². The first-order valence-electron chi connectivity index (χ1n) is 7.27. The smallest absolute Gasteiger partial charge is 0.243 e. The molecule has 116 valence electrons. The molecule has 0 bridgehead atoms. The van der Waals surface area contributed by atoms with Gasteiger partial charge in [-0.2, -0.15) is 0 Å². The summed E-state index contributed by atoms with van der Waals surface area (Å²) in [7, 11) is 0. The zero-order valence-electron chi connectivity index (χ0n) is 13.0. The maximum atomic E-state index is 12.0. The summed E-state index contributed by atoms with van der Waals surface area (Å²) in [5.41, 5.74) is 11.3. The molecule has 4 N–H and O–H groups in total. The minimum Gasteiger partial charge on any atom is -0.370 e. The first-order valence-corrected chi connectivity index (χ1v) is 7.27. The van der Waals surface area contributed by atoms with Crippen molar-refractivity contribution in [3.05, 3.63) is 35.9 Å². The predicted molar refractivity (Wildman–Crippen MR) is 82.6 cm³/mol. The molecule has 2 unspecified atom stereocenters. The van der Waals surface area contributed by atoms with Crippen LogP contribution in [0.5, 0.6) is 0 Å². The first kappa shape index (κ1) is 15.9. The molecule has 1 saturated heterocycles. The van der Waals surface area contributed by atoms with Gasteiger partial charge in [0.15, 0.2) is 0 Å². The minimum absolute atomic E-state index is 0.0987. The molecule has 5 heteroatoms. The van der Waals surface area contributed by atoms with Crippen molar-refractivity contribution in [2.45, 2.75) is 38.0 Å². The maximum absolute atomic E-state index is 12.0. The van der Waals surface area contributed by atoms with Crippen LogP contribution < -0.4 is 11.5 Å². The number of nitrogens with two attached hydrogens (primary N) is 2. The van der Waals surface area contributed by atoms with Crippen LogP contribution in [0.15, 0.2) is 30.3 Å². The van der Waals surface area contributed by atoms with Gasteiger partial charge < -0.3 is 16.2 Å². The third kappa shape index (κ3) is 3.61. The molecular weight excluding hydrogens is 266 g/mol. The van der Waals surface area contributed by atoms with Gasteiger partial charge in [0.2, 0.25) is 5.91 Å². The van der Waals surface area contributed by atoms with Crippen LogP contribution in [0.2, 0.25) is 0 Å². The Hall–Kier alpha value is -1.43. The van der Waals surface area contributed by atoms with E-state index in [4.69, 9.17) is 16.2 Å². The highest BCUT2D eigenvalue weighted by atomic mass is 16.5. The zero-order chi connectivity index (χ0) is 15.7. The summed E-state index contributed by atoms with van der Waals surface area (Å²) in [6.07, 6.45) is 0.0987. The molecule has 1 aliphatic rings. The summed E-state index contributed by atoms with van der Waals surface area (Å²) in [5.74, 6) is -0.509. The molecular formula is C16H25N3O2. The van der Waals surface area contributed by atoms with Crippen LogP contribution in [0.3, 0.4) is 0 Å². The van der Waals surface area contributed by atoms with Crippen LogP contribution in [0.25, 0.3) is 0 Å². The number of rotatable bonds is 4. The largest absolute Gasteiger partial charge is 0.370 e. The van der Waals surface area contributed by atoms with E-state index in [2.05, 4.69) is 4.90 Å². The number of ether oxygens (including phenoxy) is 1. The number of amides is 1. The fourth-order valence-electron chi connectivity index (χ4n) is 3.11. The SMILES string of the molecule is CC1CN(CC(N)(C(N)=O)c2ccccc2)CC(C)(C)O1. The number of hydrogen-bond acceptors (Lipinski definition) is 4. The number of nitrogens with zero attached hydrogens (tertiary/aromatic N) is 1. The third-order valence-corrected chi connectivity index (χ3v) is 3.84. The van der Waals surface area contributed by atoms with Crippen molar-refractivity contribution in [3.8, 4) is 0 Å². The van der Waals surface area contributed by atoms with Gasteiger partial charge in [0.05, 0.1) is 11.7 Å². The maximum Gasteiger partial charge on any atom is 0.243 e. The number of carbonyl (C=O) groups is 1. The van der Waals surface area contributed by atoms with Gasteiger partial charge >= 0.3 is 0 Å². The molecule has 1 aliphatic heterocycles. The fraction of sp³-hybridized carbons (Fsp3) is 0.562. The van der Waals surface area contributed by atoms with E-state index >= 15 is 0 Å². The van der Waals surface area contributed by atoms with Crippen LogP contribution in [0, 0.1) is 0 Å². The van der Waals surface area contributed by atoms with E-state index in [-0.39, 0.29) is 11.7 Å². The standard InChI is InChI=1S/C16H25N3O2/c1-12-9-19(10-15(2,3)21-12)11-16(18,14(17)20)13-7-5-4-6-8-13/h4-8,12H,9-11,18H2,1-3H3,(H2,17,20). The van der Waals surface area contributed by atoms with Gasteiger partial charge in [-0.05, 0) is 26.3 Å².